The summed E-state index contributed by atoms with van der Waals surface area (Å²) in [5.74, 6) is 2.27. The molecule has 0 radical (unpaired) electrons. The second-order valence-corrected chi connectivity index (χ2v) is 8.29. The lowest BCUT2D eigenvalue weighted by Gasteiger charge is -2.21. The van der Waals surface area contributed by atoms with Gasteiger partial charge in [0.1, 0.15) is 11.6 Å². The number of ether oxygens (including phenoxy) is 1. The van der Waals surface area contributed by atoms with Crippen molar-refractivity contribution in [2.45, 2.75) is 31.6 Å². The Hall–Kier alpha value is -3.18. The van der Waals surface area contributed by atoms with Crippen LogP contribution in [0, 0.1) is 17.2 Å². The fourth-order valence-electron chi connectivity index (χ4n) is 4.61. The first-order valence-corrected chi connectivity index (χ1v) is 10.4. The second-order valence-electron chi connectivity index (χ2n) is 8.29. The largest absolute Gasteiger partial charge is 0.381 e. The summed E-state index contributed by atoms with van der Waals surface area (Å²) in [7, 11) is 0. The van der Waals surface area contributed by atoms with E-state index < -0.39 is 0 Å². The monoisotopic (exact) mass is 404 g/mol. The highest BCUT2D eigenvalue weighted by atomic mass is 16.5. The van der Waals surface area contributed by atoms with Gasteiger partial charge >= 0.3 is 0 Å². The van der Waals surface area contributed by atoms with Gasteiger partial charge in [0.25, 0.3) is 5.56 Å². The highest BCUT2D eigenvalue weighted by Gasteiger charge is 2.33. The van der Waals surface area contributed by atoms with Crippen LogP contribution in [-0.2, 0) is 4.74 Å². The van der Waals surface area contributed by atoms with Gasteiger partial charge in [-0.25, -0.2) is 9.50 Å². The molecule has 2 fully saturated rings. The predicted octanol–water partition coefficient (Wildman–Crippen LogP) is 2.42. The maximum atomic E-state index is 12.8. The normalized spacial score (nSPS) is 22.5. The number of aromatic nitrogens is 4. The number of aromatic amines is 1. The third kappa shape index (κ3) is 3.25. The van der Waals surface area contributed by atoms with Crippen molar-refractivity contribution in [1.82, 2.24) is 19.6 Å². The highest BCUT2D eigenvalue weighted by Crippen LogP contribution is 2.33. The summed E-state index contributed by atoms with van der Waals surface area (Å²) >= 11 is 0. The summed E-state index contributed by atoms with van der Waals surface area (Å²) in [6.07, 6.45) is 3.42. The maximum absolute atomic E-state index is 12.8. The quantitative estimate of drug-likeness (QED) is 0.720. The molecule has 154 valence electrons. The van der Waals surface area contributed by atoms with Gasteiger partial charge in [0, 0.05) is 43.8 Å². The van der Waals surface area contributed by atoms with E-state index in [9.17, 15) is 4.79 Å². The number of hydrogen-bond donors (Lipinski definition) is 1. The van der Waals surface area contributed by atoms with Gasteiger partial charge in [-0.3, -0.25) is 4.79 Å². The zero-order chi connectivity index (χ0) is 20.7. The molecule has 8 heteroatoms. The summed E-state index contributed by atoms with van der Waals surface area (Å²) < 4.78 is 7.22. The molecular formula is C22H24N6O2. The first-order chi connectivity index (χ1) is 14.6. The summed E-state index contributed by atoms with van der Waals surface area (Å²) in [5, 5.41) is 13.9. The van der Waals surface area contributed by atoms with Crippen LogP contribution in [-0.4, -0.2) is 45.9 Å². The minimum Gasteiger partial charge on any atom is -0.381 e. The van der Waals surface area contributed by atoms with Gasteiger partial charge in [0.15, 0.2) is 5.52 Å². The Bertz CT molecular complexity index is 1150. The van der Waals surface area contributed by atoms with Crippen LogP contribution in [0.4, 0.5) is 5.69 Å². The standard InChI is InChI=1S/C22H24N6O2/c1-14-12-27(17-4-2-15(10-23)3-5-17)13-18(14)20-25-22(29)19-11-24-21(28(19)26-20)16-6-8-30-9-7-16/h2-5,11,14,16,18H,6-9,12-13H2,1H3,(H,25,26,29). The molecule has 1 aromatic carbocycles. The molecule has 2 atom stereocenters. The first-order valence-electron chi connectivity index (χ1n) is 10.4. The number of hydrogen-bond acceptors (Lipinski definition) is 6. The Balaban J connectivity index is 1.46. The Kier molecular flexibility index (Phi) is 4.75. The smallest absolute Gasteiger partial charge is 0.276 e. The third-order valence-corrected chi connectivity index (χ3v) is 6.36. The number of nitrogens with zero attached hydrogens (tertiary/aromatic N) is 5. The molecule has 2 saturated heterocycles. The van der Waals surface area contributed by atoms with E-state index in [1.807, 2.05) is 24.3 Å². The van der Waals surface area contributed by atoms with Crippen LogP contribution in [0.1, 0.15) is 48.8 Å². The highest BCUT2D eigenvalue weighted by molar-refractivity contribution is 5.51. The van der Waals surface area contributed by atoms with E-state index in [1.54, 1.807) is 10.7 Å². The van der Waals surface area contributed by atoms with Crippen LogP contribution in [0.25, 0.3) is 5.52 Å². The van der Waals surface area contributed by atoms with Crippen molar-refractivity contribution in [1.29, 1.82) is 5.26 Å². The molecule has 8 nitrogen and oxygen atoms in total. The van der Waals surface area contributed by atoms with E-state index in [0.29, 0.717) is 22.8 Å². The molecule has 0 aliphatic carbocycles. The van der Waals surface area contributed by atoms with Crippen LogP contribution in [0.2, 0.25) is 0 Å². The Morgan fingerprint density at radius 3 is 2.70 bits per heavy atom. The SMILES string of the molecule is CC1CN(c2ccc(C#N)cc2)CC1c1nn2c(C3CCOCC3)ncc2c(=O)[nH]1. The fraction of sp³-hybridized carbons (Fsp3) is 0.455. The average Bonchev–Trinajstić information content (AvgIpc) is 3.38. The lowest BCUT2D eigenvalue weighted by Crippen LogP contribution is -2.24. The van der Waals surface area contributed by atoms with E-state index >= 15 is 0 Å². The summed E-state index contributed by atoms with van der Waals surface area (Å²) in [6, 6.07) is 9.79. The minimum absolute atomic E-state index is 0.114. The number of anilines is 1. The van der Waals surface area contributed by atoms with E-state index in [0.717, 1.165) is 50.7 Å². The van der Waals surface area contributed by atoms with Crippen LogP contribution in [0.5, 0.6) is 0 Å². The lowest BCUT2D eigenvalue weighted by molar-refractivity contribution is 0.0832. The molecule has 0 bridgehead atoms. The minimum atomic E-state index is -0.144. The molecule has 2 aromatic heterocycles. The van der Waals surface area contributed by atoms with Crippen LogP contribution in [0.15, 0.2) is 35.3 Å². The third-order valence-electron chi connectivity index (χ3n) is 6.36. The molecule has 1 N–H and O–H groups in total. The Labute approximate surface area is 174 Å². The number of benzene rings is 1. The number of nitriles is 1. The van der Waals surface area contributed by atoms with Crippen molar-refractivity contribution in [3.8, 4) is 6.07 Å². The van der Waals surface area contributed by atoms with E-state index in [-0.39, 0.29) is 17.4 Å². The van der Waals surface area contributed by atoms with Crippen LogP contribution >= 0.6 is 0 Å². The number of imidazole rings is 1. The van der Waals surface area contributed by atoms with Crippen molar-refractivity contribution < 1.29 is 4.74 Å². The maximum Gasteiger partial charge on any atom is 0.276 e. The van der Waals surface area contributed by atoms with Crippen molar-refractivity contribution in [2.75, 3.05) is 31.2 Å². The molecule has 2 aliphatic heterocycles. The number of rotatable bonds is 3. The molecule has 2 unspecified atom stereocenters. The zero-order valence-corrected chi connectivity index (χ0v) is 16.9. The van der Waals surface area contributed by atoms with Gasteiger partial charge in [-0.2, -0.15) is 10.4 Å². The van der Waals surface area contributed by atoms with Gasteiger partial charge in [-0.05, 0) is 43.0 Å². The molecule has 0 saturated carbocycles. The van der Waals surface area contributed by atoms with Gasteiger partial charge in [-0.15, -0.1) is 0 Å². The van der Waals surface area contributed by atoms with Gasteiger partial charge < -0.3 is 14.6 Å². The molecule has 0 amide bonds. The Morgan fingerprint density at radius 2 is 1.97 bits per heavy atom. The van der Waals surface area contributed by atoms with E-state index in [4.69, 9.17) is 15.1 Å². The van der Waals surface area contributed by atoms with Crippen molar-refractivity contribution in [2.24, 2.45) is 5.92 Å². The summed E-state index contributed by atoms with van der Waals surface area (Å²) in [4.78, 5) is 22.6. The van der Waals surface area contributed by atoms with Crippen molar-refractivity contribution in [3.63, 3.8) is 0 Å². The fourth-order valence-corrected chi connectivity index (χ4v) is 4.61. The van der Waals surface area contributed by atoms with Crippen molar-refractivity contribution in [3.05, 3.63) is 58.0 Å². The molecule has 2 aliphatic rings. The number of nitrogens with one attached hydrogen (secondary N) is 1. The molecular weight excluding hydrogens is 380 g/mol. The zero-order valence-electron chi connectivity index (χ0n) is 16.9. The first kappa shape index (κ1) is 18.8. The van der Waals surface area contributed by atoms with Crippen molar-refractivity contribution >= 4 is 11.2 Å². The molecule has 5 rings (SSSR count). The lowest BCUT2D eigenvalue weighted by atomic mass is 9.97. The van der Waals surface area contributed by atoms with E-state index in [2.05, 4.69) is 27.9 Å². The second kappa shape index (κ2) is 7.58. The molecule has 4 heterocycles. The van der Waals surface area contributed by atoms with Crippen LogP contribution < -0.4 is 10.5 Å². The topological polar surface area (TPSA) is 99.3 Å². The van der Waals surface area contributed by atoms with Gasteiger partial charge in [-0.1, -0.05) is 6.92 Å². The molecule has 0 spiro atoms. The molecule has 3 aromatic rings. The summed E-state index contributed by atoms with van der Waals surface area (Å²) in [6.45, 7) is 5.26. The Morgan fingerprint density at radius 1 is 1.20 bits per heavy atom. The molecule has 30 heavy (non-hydrogen) atoms. The van der Waals surface area contributed by atoms with Gasteiger partial charge in [0.2, 0.25) is 0 Å². The van der Waals surface area contributed by atoms with Gasteiger partial charge in [0.05, 0.1) is 17.8 Å². The number of fused-ring (bicyclic) bond motifs is 1. The summed E-state index contributed by atoms with van der Waals surface area (Å²) in [5.41, 5.74) is 2.08. The predicted molar refractivity (Wildman–Crippen MR) is 112 cm³/mol. The van der Waals surface area contributed by atoms with Crippen LogP contribution in [0.3, 0.4) is 0 Å². The van der Waals surface area contributed by atoms with E-state index in [1.165, 1.54) is 0 Å². The average molecular weight is 404 g/mol. The number of H-pyrrole nitrogens is 1.